The van der Waals surface area contributed by atoms with Gasteiger partial charge in [0.25, 0.3) is 0 Å². The van der Waals surface area contributed by atoms with E-state index in [2.05, 4.69) is 32.9 Å². The van der Waals surface area contributed by atoms with Gasteiger partial charge in [-0.1, -0.05) is 232 Å². The summed E-state index contributed by atoms with van der Waals surface area (Å²) in [6.07, 6.45) is 52.1. The number of carbonyl (C=O) groups is 3. The standard InChI is InChI=1S/C52H98O6/c1-4-7-10-13-16-18-20-22-24-25-26-27-28-30-31-33-36-39-42-45-51(54)57-48-49(47-56-50(53)44-41-38-35-15-12-9-6-3)58-52(55)46-43-40-37-34-32-29-23-21-19-17-14-11-8-5-2/h21,23,49H,4-20,22,24-48H2,1-3H3/b23-21-. The summed E-state index contributed by atoms with van der Waals surface area (Å²) in [5.74, 6) is -0.870. The van der Waals surface area contributed by atoms with Gasteiger partial charge in [-0.2, -0.15) is 0 Å². The molecular formula is C52H98O6. The number of carbonyl (C=O) groups excluding carboxylic acids is 3. The molecule has 0 aromatic carbocycles. The summed E-state index contributed by atoms with van der Waals surface area (Å²) in [4.78, 5) is 37.7. The Hall–Kier alpha value is -1.85. The SMILES string of the molecule is CCCCCCC/C=C\CCCCCCCC(=O)OC(COC(=O)CCCCCCCCC)COC(=O)CCCCCCCCCCCCCCCCCCCCC. The second-order valence-electron chi connectivity index (χ2n) is 17.4. The average molecular weight is 819 g/mol. The highest BCUT2D eigenvalue weighted by Crippen LogP contribution is 2.16. The summed E-state index contributed by atoms with van der Waals surface area (Å²) in [7, 11) is 0. The number of allylic oxidation sites excluding steroid dienone is 2. The molecule has 342 valence electrons. The molecule has 0 fully saturated rings. The average Bonchev–Trinajstić information content (AvgIpc) is 3.22. The molecule has 58 heavy (non-hydrogen) atoms. The van der Waals surface area contributed by atoms with Crippen molar-refractivity contribution in [1.29, 1.82) is 0 Å². The van der Waals surface area contributed by atoms with Crippen LogP contribution in [0.2, 0.25) is 0 Å². The van der Waals surface area contributed by atoms with Crippen molar-refractivity contribution in [3.05, 3.63) is 12.2 Å². The Kier molecular flexibility index (Phi) is 46.3. The quantitative estimate of drug-likeness (QED) is 0.0263. The minimum absolute atomic E-state index is 0.0688. The van der Waals surface area contributed by atoms with Crippen LogP contribution in [0.25, 0.3) is 0 Å². The van der Waals surface area contributed by atoms with Crippen LogP contribution in [0.4, 0.5) is 0 Å². The lowest BCUT2D eigenvalue weighted by Crippen LogP contribution is -2.30. The van der Waals surface area contributed by atoms with Crippen LogP contribution >= 0.6 is 0 Å². The Morgan fingerprint density at radius 3 is 0.862 bits per heavy atom. The molecule has 1 unspecified atom stereocenters. The van der Waals surface area contributed by atoms with E-state index in [-0.39, 0.29) is 31.1 Å². The third kappa shape index (κ3) is 45.2. The van der Waals surface area contributed by atoms with Gasteiger partial charge in [-0.05, 0) is 44.9 Å². The first-order valence-corrected chi connectivity index (χ1v) is 25.7. The van der Waals surface area contributed by atoms with E-state index in [1.165, 1.54) is 180 Å². The highest BCUT2D eigenvalue weighted by atomic mass is 16.6. The third-order valence-electron chi connectivity index (χ3n) is 11.5. The maximum atomic E-state index is 12.7. The van der Waals surface area contributed by atoms with E-state index >= 15 is 0 Å². The molecule has 0 aliphatic carbocycles. The van der Waals surface area contributed by atoms with Crippen molar-refractivity contribution in [2.75, 3.05) is 13.2 Å². The molecule has 0 aliphatic rings. The molecule has 0 aromatic rings. The van der Waals surface area contributed by atoms with Crippen LogP contribution < -0.4 is 0 Å². The van der Waals surface area contributed by atoms with E-state index in [1.807, 2.05) is 0 Å². The van der Waals surface area contributed by atoms with Gasteiger partial charge < -0.3 is 14.2 Å². The number of esters is 3. The normalized spacial score (nSPS) is 12.0. The molecule has 1 atom stereocenters. The lowest BCUT2D eigenvalue weighted by Gasteiger charge is -2.18. The zero-order valence-electron chi connectivity index (χ0n) is 39.1. The first-order chi connectivity index (χ1) is 28.5. The van der Waals surface area contributed by atoms with Crippen molar-refractivity contribution in [2.45, 2.75) is 290 Å². The molecule has 6 heteroatoms. The van der Waals surface area contributed by atoms with Crippen molar-refractivity contribution in [3.8, 4) is 0 Å². The maximum absolute atomic E-state index is 12.7. The van der Waals surface area contributed by atoms with E-state index in [0.717, 1.165) is 64.2 Å². The number of unbranched alkanes of at least 4 members (excludes halogenated alkanes) is 34. The smallest absolute Gasteiger partial charge is 0.306 e. The summed E-state index contributed by atoms with van der Waals surface area (Å²) in [5.41, 5.74) is 0. The van der Waals surface area contributed by atoms with Gasteiger partial charge >= 0.3 is 17.9 Å². The molecule has 0 amide bonds. The highest BCUT2D eigenvalue weighted by Gasteiger charge is 2.19. The van der Waals surface area contributed by atoms with Gasteiger partial charge in [0.1, 0.15) is 13.2 Å². The van der Waals surface area contributed by atoms with E-state index in [1.54, 1.807) is 0 Å². The first kappa shape index (κ1) is 56.1. The van der Waals surface area contributed by atoms with Crippen molar-refractivity contribution in [3.63, 3.8) is 0 Å². The Balaban J connectivity index is 4.19. The van der Waals surface area contributed by atoms with Crippen molar-refractivity contribution in [1.82, 2.24) is 0 Å². The Labute approximate surface area is 360 Å². The van der Waals surface area contributed by atoms with Crippen LogP contribution in [-0.4, -0.2) is 37.2 Å². The highest BCUT2D eigenvalue weighted by molar-refractivity contribution is 5.71. The van der Waals surface area contributed by atoms with Crippen LogP contribution in [0.1, 0.15) is 284 Å². The third-order valence-corrected chi connectivity index (χ3v) is 11.5. The van der Waals surface area contributed by atoms with Gasteiger partial charge in [-0.3, -0.25) is 14.4 Å². The van der Waals surface area contributed by atoms with Crippen LogP contribution in [0, 0.1) is 0 Å². The molecule has 0 saturated heterocycles. The molecule has 0 aromatic heterocycles. The van der Waals surface area contributed by atoms with Crippen molar-refractivity contribution in [2.24, 2.45) is 0 Å². The van der Waals surface area contributed by atoms with Crippen LogP contribution in [0.5, 0.6) is 0 Å². The molecule has 0 aliphatic heterocycles. The zero-order valence-corrected chi connectivity index (χ0v) is 39.1. The molecule has 0 saturated carbocycles. The fourth-order valence-corrected chi connectivity index (χ4v) is 7.61. The molecule has 0 rings (SSSR count). The van der Waals surface area contributed by atoms with E-state index in [0.29, 0.717) is 19.3 Å². The lowest BCUT2D eigenvalue weighted by molar-refractivity contribution is -0.167. The number of rotatable bonds is 47. The van der Waals surface area contributed by atoms with E-state index in [4.69, 9.17) is 14.2 Å². The fourth-order valence-electron chi connectivity index (χ4n) is 7.61. The minimum atomic E-state index is -0.766. The largest absolute Gasteiger partial charge is 0.462 e. The molecule has 0 bridgehead atoms. The predicted octanol–water partition coefficient (Wildman–Crippen LogP) is 16.6. The van der Waals surface area contributed by atoms with E-state index < -0.39 is 6.10 Å². The molecule has 0 heterocycles. The van der Waals surface area contributed by atoms with Crippen LogP contribution in [0.15, 0.2) is 12.2 Å². The molecule has 0 radical (unpaired) electrons. The Bertz CT molecular complexity index is 900. The molecule has 6 nitrogen and oxygen atoms in total. The van der Waals surface area contributed by atoms with E-state index in [9.17, 15) is 14.4 Å². The summed E-state index contributed by atoms with van der Waals surface area (Å²) in [6, 6.07) is 0. The maximum Gasteiger partial charge on any atom is 0.306 e. The zero-order chi connectivity index (χ0) is 42.3. The van der Waals surface area contributed by atoms with Gasteiger partial charge in [-0.15, -0.1) is 0 Å². The number of hydrogen-bond donors (Lipinski definition) is 0. The molecule has 0 spiro atoms. The van der Waals surface area contributed by atoms with Crippen molar-refractivity contribution < 1.29 is 28.6 Å². The molecular weight excluding hydrogens is 721 g/mol. The van der Waals surface area contributed by atoms with Gasteiger partial charge in [0, 0.05) is 19.3 Å². The van der Waals surface area contributed by atoms with Gasteiger partial charge in [0.2, 0.25) is 0 Å². The van der Waals surface area contributed by atoms with Gasteiger partial charge in [0.05, 0.1) is 0 Å². The Morgan fingerprint density at radius 1 is 0.328 bits per heavy atom. The van der Waals surface area contributed by atoms with Crippen LogP contribution in [0.3, 0.4) is 0 Å². The fraction of sp³-hybridized carbons (Fsp3) is 0.904. The van der Waals surface area contributed by atoms with Crippen LogP contribution in [-0.2, 0) is 28.6 Å². The summed E-state index contributed by atoms with van der Waals surface area (Å²) in [5, 5.41) is 0. The summed E-state index contributed by atoms with van der Waals surface area (Å²) in [6.45, 7) is 6.61. The first-order valence-electron chi connectivity index (χ1n) is 25.7. The lowest BCUT2D eigenvalue weighted by atomic mass is 10.0. The second kappa shape index (κ2) is 47.8. The second-order valence-corrected chi connectivity index (χ2v) is 17.4. The summed E-state index contributed by atoms with van der Waals surface area (Å²) >= 11 is 0. The number of ether oxygens (including phenoxy) is 3. The number of hydrogen-bond acceptors (Lipinski definition) is 6. The minimum Gasteiger partial charge on any atom is -0.462 e. The molecule has 0 N–H and O–H groups in total. The van der Waals surface area contributed by atoms with Gasteiger partial charge in [-0.25, -0.2) is 0 Å². The Morgan fingerprint density at radius 2 is 0.569 bits per heavy atom. The van der Waals surface area contributed by atoms with Gasteiger partial charge in [0.15, 0.2) is 6.10 Å². The van der Waals surface area contributed by atoms with Crippen molar-refractivity contribution >= 4 is 17.9 Å². The summed E-state index contributed by atoms with van der Waals surface area (Å²) < 4.78 is 16.7. The monoisotopic (exact) mass is 819 g/mol. The predicted molar refractivity (Wildman–Crippen MR) is 247 cm³/mol. The topological polar surface area (TPSA) is 78.9 Å².